The van der Waals surface area contributed by atoms with Crippen LogP contribution in [-0.4, -0.2) is 108 Å². The highest BCUT2D eigenvalue weighted by atomic mass is 16.8. The van der Waals surface area contributed by atoms with Crippen molar-refractivity contribution in [1.82, 2.24) is 16.0 Å². The van der Waals surface area contributed by atoms with E-state index < -0.39 is 60.3 Å². The summed E-state index contributed by atoms with van der Waals surface area (Å²) in [7, 11) is 3.31. The molecule has 1 unspecified atom stereocenters. The largest absolute Gasteiger partial charge is 0.390 e. The predicted molar refractivity (Wildman–Crippen MR) is 129 cm³/mol. The zero-order valence-corrected chi connectivity index (χ0v) is 21.2. The molecular formula is C25H41N3O7. The molecule has 4 rings (SSSR count). The summed E-state index contributed by atoms with van der Waals surface area (Å²) in [5.74, 6) is -2.20. The third-order valence-corrected chi connectivity index (χ3v) is 7.93. The molecule has 198 valence electrons. The van der Waals surface area contributed by atoms with Gasteiger partial charge in [-0.1, -0.05) is 18.2 Å². The van der Waals surface area contributed by atoms with E-state index in [0.29, 0.717) is 6.54 Å². The molecule has 35 heavy (non-hydrogen) atoms. The first-order chi connectivity index (χ1) is 16.5. The Balaban J connectivity index is 1.50. The zero-order chi connectivity index (χ0) is 25.5. The van der Waals surface area contributed by atoms with Crippen molar-refractivity contribution in [2.24, 2.45) is 0 Å². The molecule has 10 heteroatoms. The Bertz CT molecular complexity index is 891. The van der Waals surface area contributed by atoms with Crippen LogP contribution in [0.2, 0.25) is 0 Å². The number of likely N-dealkylation sites (N-methyl/N-ethyl adjacent to an activating group) is 2. The third-order valence-electron chi connectivity index (χ3n) is 7.93. The third kappa shape index (κ3) is 4.77. The first kappa shape index (κ1) is 26.9. The minimum Gasteiger partial charge on any atom is -0.390 e. The fourth-order valence-electron chi connectivity index (χ4n) is 5.72. The van der Waals surface area contributed by atoms with Crippen molar-refractivity contribution in [1.29, 1.82) is 0 Å². The second kappa shape index (κ2) is 10.3. The molecule has 10 atom stereocenters. The summed E-state index contributed by atoms with van der Waals surface area (Å²) in [6.07, 6.45) is -4.78. The fourth-order valence-corrected chi connectivity index (χ4v) is 5.72. The molecule has 0 aromatic heterocycles. The summed E-state index contributed by atoms with van der Waals surface area (Å²) in [6.45, 7) is 6.60. The molecule has 1 saturated carbocycles. The molecule has 2 aliphatic heterocycles. The number of aliphatic hydroxyl groups excluding tert-OH is 2. The number of aliphatic hydroxyl groups is 4. The van der Waals surface area contributed by atoms with Gasteiger partial charge in [-0.3, -0.25) is 0 Å². The van der Waals surface area contributed by atoms with Gasteiger partial charge in [-0.15, -0.1) is 0 Å². The molecule has 0 amide bonds. The maximum Gasteiger partial charge on any atom is 0.249 e. The van der Waals surface area contributed by atoms with Crippen LogP contribution in [0.3, 0.4) is 0 Å². The zero-order valence-electron chi connectivity index (χ0n) is 21.2. The minimum absolute atomic E-state index is 0.0494. The van der Waals surface area contributed by atoms with Gasteiger partial charge in [0.05, 0.1) is 24.3 Å². The Morgan fingerprint density at radius 3 is 2.34 bits per heavy atom. The molecule has 1 aromatic rings. The van der Waals surface area contributed by atoms with Gasteiger partial charge in [0.25, 0.3) is 0 Å². The molecule has 2 heterocycles. The number of benzene rings is 1. The Morgan fingerprint density at radius 1 is 0.971 bits per heavy atom. The molecule has 0 radical (unpaired) electrons. The van der Waals surface area contributed by atoms with Crippen molar-refractivity contribution in [3.05, 3.63) is 34.9 Å². The molecule has 1 aliphatic carbocycles. The van der Waals surface area contributed by atoms with E-state index in [4.69, 9.17) is 14.2 Å². The van der Waals surface area contributed by atoms with Crippen LogP contribution in [0.5, 0.6) is 0 Å². The fraction of sp³-hybridized carbons (Fsp3) is 0.760. The molecule has 1 aromatic carbocycles. The van der Waals surface area contributed by atoms with E-state index in [9.17, 15) is 20.4 Å². The minimum atomic E-state index is -2.20. The number of fused-ring (bicyclic) bond motifs is 2. The lowest BCUT2D eigenvalue weighted by atomic mass is 9.77. The topological polar surface area (TPSA) is 145 Å². The van der Waals surface area contributed by atoms with Crippen molar-refractivity contribution >= 4 is 0 Å². The second-order valence-electron chi connectivity index (χ2n) is 10.3. The monoisotopic (exact) mass is 495 g/mol. The molecule has 10 nitrogen and oxygen atoms in total. The molecule has 3 aliphatic rings. The van der Waals surface area contributed by atoms with Gasteiger partial charge in [0, 0.05) is 13.0 Å². The van der Waals surface area contributed by atoms with Gasteiger partial charge in [-0.25, -0.2) is 0 Å². The van der Waals surface area contributed by atoms with Gasteiger partial charge >= 0.3 is 0 Å². The van der Waals surface area contributed by atoms with Crippen LogP contribution in [0.4, 0.5) is 0 Å². The van der Waals surface area contributed by atoms with E-state index in [1.165, 1.54) is 16.7 Å². The molecular weight excluding hydrogens is 454 g/mol. The second-order valence-corrected chi connectivity index (χ2v) is 10.3. The van der Waals surface area contributed by atoms with Gasteiger partial charge in [-0.05, 0) is 64.5 Å². The van der Waals surface area contributed by atoms with Crippen LogP contribution in [0, 0.1) is 13.8 Å². The Morgan fingerprint density at radius 2 is 1.69 bits per heavy atom. The first-order valence-electron chi connectivity index (χ1n) is 12.5. The first-order valence-corrected chi connectivity index (χ1v) is 12.5. The molecule has 0 spiro atoms. The lowest BCUT2D eigenvalue weighted by Crippen LogP contribution is -2.81. The number of nitrogens with one attached hydrogen (secondary N) is 3. The van der Waals surface area contributed by atoms with Gasteiger partial charge < -0.3 is 50.6 Å². The summed E-state index contributed by atoms with van der Waals surface area (Å²) < 4.78 is 18.0. The standard InChI is InChI=1S/C25H41N3O7/c1-13-6-7-16(10-14(13)2)8-9-28-12-24(31)11-15(3)33-23-25(24,32)35-21-18(27-5)19(29)17(26-4)20(30)22(21)34-23/h6-7,10,15,17-23,26-32H,8-9,11-12H2,1-5H3/t15-,17-,18+,19+,20+,21-,22?,23+,24-,25-/m1/s1. The van der Waals surface area contributed by atoms with E-state index in [-0.39, 0.29) is 13.0 Å². The van der Waals surface area contributed by atoms with Crippen LogP contribution in [-0.2, 0) is 20.6 Å². The van der Waals surface area contributed by atoms with Crippen LogP contribution >= 0.6 is 0 Å². The average molecular weight is 496 g/mol. The predicted octanol–water partition coefficient (Wildman–Crippen LogP) is -1.31. The smallest absolute Gasteiger partial charge is 0.249 e. The van der Waals surface area contributed by atoms with E-state index in [0.717, 1.165) is 6.42 Å². The molecule has 0 bridgehead atoms. The summed E-state index contributed by atoms with van der Waals surface area (Å²) in [5.41, 5.74) is 1.94. The van der Waals surface area contributed by atoms with E-state index in [2.05, 4.69) is 48.0 Å². The van der Waals surface area contributed by atoms with Crippen molar-refractivity contribution in [3.63, 3.8) is 0 Å². The van der Waals surface area contributed by atoms with Gasteiger partial charge in [0.2, 0.25) is 12.1 Å². The van der Waals surface area contributed by atoms with Crippen LogP contribution in [0.15, 0.2) is 18.2 Å². The number of hydrogen-bond donors (Lipinski definition) is 7. The molecule has 3 fully saturated rings. The highest BCUT2D eigenvalue weighted by Crippen LogP contribution is 2.46. The highest BCUT2D eigenvalue weighted by molar-refractivity contribution is 5.30. The van der Waals surface area contributed by atoms with E-state index >= 15 is 0 Å². The maximum absolute atomic E-state index is 11.7. The number of rotatable bonds is 7. The Kier molecular flexibility index (Phi) is 7.90. The lowest BCUT2D eigenvalue weighted by molar-refractivity contribution is -0.482. The summed E-state index contributed by atoms with van der Waals surface area (Å²) in [5, 5.41) is 54.3. The number of aryl methyl sites for hydroxylation is 2. The van der Waals surface area contributed by atoms with Crippen molar-refractivity contribution in [2.45, 2.75) is 93.9 Å². The normalized spacial score (nSPS) is 43.5. The van der Waals surface area contributed by atoms with E-state index in [1.54, 1.807) is 21.0 Å². The summed E-state index contributed by atoms with van der Waals surface area (Å²) in [6, 6.07) is 5.01. The van der Waals surface area contributed by atoms with Gasteiger partial charge in [0.15, 0.2) is 0 Å². The molecule has 7 N–H and O–H groups in total. The highest BCUT2D eigenvalue weighted by Gasteiger charge is 2.68. The lowest BCUT2D eigenvalue weighted by Gasteiger charge is -2.60. The Labute approximate surface area is 207 Å². The van der Waals surface area contributed by atoms with Crippen molar-refractivity contribution < 1.29 is 34.6 Å². The van der Waals surface area contributed by atoms with Crippen LogP contribution in [0.25, 0.3) is 0 Å². The van der Waals surface area contributed by atoms with Gasteiger partial charge in [0.1, 0.15) is 23.9 Å². The van der Waals surface area contributed by atoms with Gasteiger partial charge in [-0.2, -0.15) is 0 Å². The van der Waals surface area contributed by atoms with Crippen LogP contribution < -0.4 is 16.0 Å². The molecule has 2 saturated heterocycles. The number of hydrogen-bond acceptors (Lipinski definition) is 10. The average Bonchev–Trinajstić information content (AvgIpc) is 2.80. The quantitative estimate of drug-likeness (QED) is 0.228. The van der Waals surface area contributed by atoms with Crippen molar-refractivity contribution in [3.8, 4) is 0 Å². The van der Waals surface area contributed by atoms with E-state index in [1.807, 2.05) is 0 Å². The maximum atomic E-state index is 11.7. The summed E-state index contributed by atoms with van der Waals surface area (Å²) in [4.78, 5) is 0. The summed E-state index contributed by atoms with van der Waals surface area (Å²) >= 11 is 0. The number of ether oxygens (including phenoxy) is 3. The Hall–Kier alpha value is -1.18. The van der Waals surface area contributed by atoms with Crippen LogP contribution in [0.1, 0.15) is 30.0 Å². The van der Waals surface area contributed by atoms with Crippen molar-refractivity contribution in [2.75, 3.05) is 27.2 Å². The SMILES string of the molecule is CN[C@@H]1[C@H](O)[C@H](NC)[C@H]2O[C@]3(O)[C@H](OC2[C@H]1O)O[C@H](C)C[C@@]3(O)CNCCc1ccc(C)c(C)c1.